The van der Waals surface area contributed by atoms with Crippen LogP contribution in [0, 0.1) is 5.92 Å². The standard InChI is InChI=1S/C14H20N2O5/c1-19-14(18)10-8-21-13(15-10)6-16-2-3-20-12-5-9(7-17)4-11(12)16/h8-9,11-12,17H,2-7H2,1H3/t9-,11+,12?/m1/s1. The first kappa shape index (κ1) is 14.5. The highest BCUT2D eigenvalue weighted by molar-refractivity contribution is 5.86. The van der Waals surface area contributed by atoms with Crippen molar-refractivity contribution in [3.63, 3.8) is 0 Å². The van der Waals surface area contributed by atoms with Gasteiger partial charge in [0, 0.05) is 19.2 Å². The van der Waals surface area contributed by atoms with Crippen molar-refractivity contribution in [2.45, 2.75) is 31.5 Å². The minimum atomic E-state index is -0.494. The summed E-state index contributed by atoms with van der Waals surface area (Å²) in [6.45, 7) is 2.22. The van der Waals surface area contributed by atoms with Crippen LogP contribution in [0.1, 0.15) is 29.2 Å². The monoisotopic (exact) mass is 296 g/mol. The Hall–Kier alpha value is -1.44. The number of oxazole rings is 1. The summed E-state index contributed by atoms with van der Waals surface area (Å²) in [5, 5.41) is 9.32. The molecule has 0 bridgehead atoms. The van der Waals surface area contributed by atoms with E-state index in [1.54, 1.807) is 0 Å². The van der Waals surface area contributed by atoms with Gasteiger partial charge in [-0.05, 0) is 18.8 Å². The highest BCUT2D eigenvalue weighted by atomic mass is 16.5. The van der Waals surface area contributed by atoms with Gasteiger partial charge in [-0.3, -0.25) is 4.90 Å². The zero-order valence-corrected chi connectivity index (χ0v) is 12.0. The number of methoxy groups -OCH3 is 1. The highest BCUT2D eigenvalue weighted by Gasteiger charge is 2.41. The van der Waals surface area contributed by atoms with Gasteiger partial charge in [0.1, 0.15) is 6.26 Å². The summed E-state index contributed by atoms with van der Waals surface area (Å²) in [6, 6.07) is 0.282. The van der Waals surface area contributed by atoms with Gasteiger partial charge >= 0.3 is 5.97 Å². The van der Waals surface area contributed by atoms with Crippen molar-refractivity contribution in [2.75, 3.05) is 26.9 Å². The first-order valence-electron chi connectivity index (χ1n) is 7.20. The number of aliphatic hydroxyl groups excluding tert-OH is 1. The molecule has 3 rings (SSSR count). The second kappa shape index (κ2) is 6.13. The molecular formula is C14H20N2O5. The Bertz CT molecular complexity index is 503. The van der Waals surface area contributed by atoms with Gasteiger partial charge < -0.3 is 19.0 Å². The van der Waals surface area contributed by atoms with E-state index in [1.807, 2.05) is 0 Å². The SMILES string of the molecule is COC(=O)c1coc(CN2CCOC3C[C@H](CO)C[C@@H]32)n1. The third-order valence-electron chi connectivity index (χ3n) is 4.29. The molecule has 21 heavy (non-hydrogen) atoms. The van der Waals surface area contributed by atoms with E-state index in [2.05, 4.69) is 14.6 Å². The van der Waals surface area contributed by atoms with Crippen LogP contribution in [0.25, 0.3) is 0 Å². The summed E-state index contributed by atoms with van der Waals surface area (Å²) in [7, 11) is 1.32. The van der Waals surface area contributed by atoms with Gasteiger partial charge in [0.2, 0.25) is 5.89 Å². The normalized spacial score (nSPS) is 29.3. The summed E-state index contributed by atoms with van der Waals surface area (Å²) in [5.41, 5.74) is 0.192. The fraction of sp³-hybridized carbons (Fsp3) is 0.714. The quantitative estimate of drug-likeness (QED) is 0.807. The van der Waals surface area contributed by atoms with Crippen LogP contribution in [0.3, 0.4) is 0 Å². The molecule has 116 valence electrons. The third kappa shape index (κ3) is 2.95. The van der Waals surface area contributed by atoms with Gasteiger partial charge in [-0.25, -0.2) is 9.78 Å². The highest BCUT2D eigenvalue weighted by Crippen LogP contribution is 2.34. The molecule has 2 fully saturated rings. The number of esters is 1. The summed E-state index contributed by atoms with van der Waals surface area (Å²) in [5.74, 6) is 0.311. The van der Waals surface area contributed by atoms with E-state index in [0.29, 0.717) is 25.0 Å². The lowest BCUT2D eigenvalue weighted by atomic mass is 10.1. The molecule has 1 aliphatic heterocycles. The maximum Gasteiger partial charge on any atom is 0.360 e. The number of carbonyl (C=O) groups is 1. The predicted molar refractivity (Wildman–Crippen MR) is 71.6 cm³/mol. The molecule has 1 aromatic rings. The lowest BCUT2D eigenvalue weighted by Crippen LogP contribution is -2.47. The van der Waals surface area contributed by atoms with Crippen molar-refractivity contribution < 1.29 is 23.8 Å². The topological polar surface area (TPSA) is 85.0 Å². The second-order valence-corrected chi connectivity index (χ2v) is 5.59. The molecule has 1 aromatic heterocycles. The Kier molecular flexibility index (Phi) is 4.23. The Morgan fingerprint density at radius 2 is 2.43 bits per heavy atom. The zero-order chi connectivity index (χ0) is 14.8. The van der Waals surface area contributed by atoms with Crippen molar-refractivity contribution in [1.29, 1.82) is 0 Å². The van der Waals surface area contributed by atoms with E-state index < -0.39 is 5.97 Å². The van der Waals surface area contributed by atoms with Crippen LogP contribution < -0.4 is 0 Å². The van der Waals surface area contributed by atoms with Crippen LogP contribution in [0.15, 0.2) is 10.7 Å². The van der Waals surface area contributed by atoms with Crippen molar-refractivity contribution in [3.05, 3.63) is 17.8 Å². The first-order chi connectivity index (χ1) is 10.2. The molecule has 1 saturated heterocycles. The predicted octanol–water partition coefficient (Wildman–Crippen LogP) is 0.433. The van der Waals surface area contributed by atoms with Crippen LogP contribution in [0.2, 0.25) is 0 Å². The lowest BCUT2D eigenvalue weighted by Gasteiger charge is -2.36. The van der Waals surface area contributed by atoms with Crippen LogP contribution in [-0.2, 0) is 16.0 Å². The zero-order valence-electron chi connectivity index (χ0n) is 12.0. The largest absolute Gasteiger partial charge is 0.464 e. The average Bonchev–Trinajstić information content (AvgIpc) is 3.13. The molecule has 3 atom stereocenters. The number of aromatic nitrogens is 1. The first-order valence-corrected chi connectivity index (χ1v) is 7.20. The van der Waals surface area contributed by atoms with Crippen LogP contribution in [0.5, 0.6) is 0 Å². The summed E-state index contributed by atoms with van der Waals surface area (Å²) in [6.07, 6.45) is 3.32. The van der Waals surface area contributed by atoms with Crippen LogP contribution in [0.4, 0.5) is 0 Å². The Balaban J connectivity index is 1.66. The number of morpholine rings is 1. The van der Waals surface area contributed by atoms with E-state index in [0.717, 1.165) is 19.4 Å². The maximum atomic E-state index is 11.4. The third-order valence-corrected chi connectivity index (χ3v) is 4.29. The van der Waals surface area contributed by atoms with E-state index >= 15 is 0 Å². The Morgan fingerprint density at radius 3 is 3.19 bits per heavy atom. The van der Waals surface area contributed by atoms with Crippen LogP contribution in [-0.4, -0.2) is 60.0 Å². The molecule has 7 heteroatoms. The van der Waals surface area contributed by atoms with Gasteiger partial charge in [0.25, 0.3) is 0 Å². The number of carbonyl (C=O) groups excluding carboxylic acids is 1. The number of ether oxygens (including phenoxy) is 2. The lowest BCUT2D eigenvalue weighted by molar-refractivity contribution is -0.0613. The van der Waals surface area contributed by atoms with E-state index in [4.69, 9.17) is 9.15 Å². The fourth-order valence-corrected chi connectivity index (χ4v) is 3.23. The van der Waals surface area contributed by atoms with Gasteiger partial charge in [-0.2, -0.15) is 0 Å². The van der Waals surface area contributed by atoms with Crippen molar-refractivity contribution in [2.24, 2.45) is 5.92 Å². The molecule has 0 spiro atoms. The number of aliphatic hydroxyl groups is 1. The molecular weight excluding hydrogens is 276 g/mol. The van der Waals surface area contributed by atoms with E-state index in [1.165, 1.54) is 13.4 Å². The number of fused-ring (bicyclic) bond motifs is 1. The summed E-state index contributed by atoms with van der Waals surface area (Å²) in [4.78, 5) is 17.8. The molecule has 2 aliphatic rings. The van der Waals surface area contributed by atoms with E-state index in [-0.39, 0.29) is 24.4 Å². The van der Waals surface area contributed by atoms with Gasteiger partial charge in [0.15, 0.2) is 5.69 Å². The molecule has 2 heterocycles. The van der Waals surface area contributed by atoms with Crippen molar-refractivity contribution in [1.82, 2.24) is 9.88 Å². The molecule has 1 unspecified atom stereocenters. The van der Waals surface area contributed by atoms with Crippen LogP contribution >= 0.6 is 0 Å². The number of nitrogens with zero attached hydrogens (tertiary/aromatic N) is 2. The fourth-order valence-electron chi connectivity index (χ4n) is 3.23. The number of rotatable bonds is 4. The van der Waals surface area contributed by atoms with Crippen molar-refractivity contribution >= 4 is 5.97 Å². The molecule has 0 amide bonds. The molecule has 7 nitrogen and oxygen atoms in total. The van der Waals surface area contributed by atoms with E-state index in [9.17, 15) is 9.90 Å². The van der Waals surface area contributed by atoms with Gasteiger partial charge in [-0.15, -0.1) is 0 Å². The van der Waals surface area contributed by atoms with Crippen molar-refractivity contribution in [3.8, 4) is 0 Å². The maximum absolute atomic E-state index is 11.4. The average molecular weight is 296 g/mol. The second-order valence-electron chi connectivity index (χ2n) is 5.59. The van der Waals surface area contributed by atoms with Gasteiger partial charge in [-0.1, -0.05) is 0 Å². The summed E-state index contributed by atoms with van der Waals surface area (Å²) < 4.78 is 15.7. The Labute approximate surface area is 122 Å². The minimum absolute atomic E-state index is 0.172. The Morgan fingerprint density at radius 1 is 1.57 bits per heavy atom. The smallest absolute Gasteiger partial charge is 0.360 e. The molecule has 1 saturated carbocycles. The number of hydrogen-bond acceptors (Lipinski definition) is 7. The molecule has 0 aromatic carbocycles. The molecule has 0 radical (unpaired) electrons. The minimum Gasteiger partial charge on any atom is -0.464 e. The number of hydrogen-bond donors (Lipinski definition) is 1. The van der Waals surface area contributed by atoms with Gasteiger partial charge in [0.05, 0.1) is 26.4 Å². The molecule has 1 aliphatic carbocycles. The molecule has 1 N–H and O–H groups in total. The summed E-state index contributed by atoms with van der Waals surface area (Å²) >= 11 is 0.